The number of aryl methyl sites for hydroxylation is 1. The van der Waals surface area contributed by atoms with Crippen molar-refractivity contribution in [2.24, 2.45) is 5.92 Å². The van der Waals surface area contributed by atoms with Crippen LogP contribution < -0.4 is 5.32 Å². The van der Waals surface area contributed by atoms with Gasteiger partial charge < -0.3 is 10.2 Å². The summed E-state index contributed by atoms with van der Waals surface area (Å²) in [7, 11) is 0. The van der Waals surface area contributed by atoms with Crippen molar-refractivity contribution in [3.05, 3.63) is 51.5 Å². The molecule has 3 rings (SSSR count). The van der Waals surface area contributed by atoms with Crippen molar-refractivity contribution in [1.29, 1.82) is 0 Å². The molecule has 1 N–H and O–H groups in total. The number of carbonyl (C=O) groups excluding carboxylic acids is 2. The molecule has 0 spiro atoms. The van der Waals surface area contributed by atoms with Gasteiger partial charge in [0.05, 0.1) is 17.1 Å². The Kier molecular flexibility index (Phi) is 6.04. The summed E-state index contributed by atoms with van der Waals surface area (Å²) in [5.74, 6) is 0.145. The summed E-state index contributed by atoms with van der Waals surface area (Å²) in [6.07, 6.45) is 4.15. The summed E-state index contributed by atoms with van der Waals surface area (Å²) in [5.41, 5.74) is 2.02. The lowest BCUT2D eigenvalue weighted by atomic mass is 9.87. The highest BCUT2D eigenvalue weighted by Gasteiger charge is 2.28. The van der Waals surface area contributed by atoms with E-state index in [0.29, 0.717) is 13.0 Å². The Balaban J connectivity index is 1.62. The number of pyridine rings is 1. The van der Waals surface area contributed by atoms with Gasteiger partial charge >= 0.3 is 0 Å². The fourth-order valence-corrected chi connectivity index (χ4v) is 4.52. The Morgan fingerprint density at radius 2 is 2.12 bits per heavy atom. The summed E-state index contributed by atoms with van der Waals surface area (Å²) in [6, 6.07) is 7.69. The smallest absolute Gasteiger partial charge is 0.263 e. The van der Waals surface area contributed by atoms with Crippen LogP contribution in [0.15, 0.2) is 30.5 Å². The van der Waals surface area contributed by atoms with Crippen LogP contribution in [0.1, 0.15) is 46.1 Å². The fraction of sp³-hybridized carbons (Fsp3) is 0.450. The minimum Gasteiger partial charge on any atom is -0.350 e. The molecule has 26 heavy (non-hydrogen) atoms. The number of aromatic nitrogens is 1. The molecule has 0 unspecified atom stereocenters. The van der Waals surface area contributed by atoms with Gasteiger partial charge in [-0.15, -0.1) is 11.3 Å². The maximum absolute atomic E-state index is 12.5. The number of rotatable bonds is 6. The second-order valence-corrected chi connectivity index (χ2v) is 7.65. The number of hydrogen-bond donors (Lipinski definition) is 1. The molecule has 2 aromatic rings. The first-order valence-electron chi connectivity index (χ1n) is 9.20. The maximum Gasteiger partial charge on any atom is 0.263 e. The normalized spacial score (nSPS) is 16.0. The number of nitrogens with one attached hydrogen (secondary N) is 1. The van der Waals surface area contributed by atoms with Gasteiger partial charge in [-0.2, -0.15) is 0 Å². The SMILES string of the molecule is CCN(CC)C(=O)c1cc2c(s1)CC[C@@H](C(=O)NCc1ccccn1)C2. The minimum atomic E-state index is -0.0304. The zero-order valence-corrected chi connectivity index (χ0v) is 16.1. The van der Waals surface area contributed by atoms with Crippen LogP contribution in [0.2, 0.25) is 0 Å². The van der Waals surface area contributed by atoms with E-state index in [1.54, 1.807) is 17.5 Å². The third-order valence-electron chi connectivity index (χ3n) is 4.88. The van der Waals surface area contributed by atoms with Crippen LogP contribution in [0.25, 0.3) is 0 Å². The van der Waals surface area contributed by atoms with Crippen LogP contribution in [-0.4, -0.2) is 34.8 Å². The minimum absolute atomic E-state index is 0.0304. The van der Waals surface area contributed by atoms with Crippen molar-refractivity contribution in [2.45, 2.75) is 39.7 Å². The average Bonchev–Trinajstić information content (AvgIpc) is 3.11. The average molecular weight is 372 g/mol. The first-order valence-corrected chi connectivity index (χ1v) is 10.0. The molecule has 0 saturated heterocycles. The van der Waals surface area contributed by atoms with Gasteiger partial charge in [0.25, 0.3) is 5.91 Å². The van der Waals surface area contributed by atoms with Crippen molar-refractivity contribution in [2.75, 3.05) is 13.1 Å². The molecule has 2 heterocycles. The van der Waals surface area contributed by atoms with E-state index in [-0.39, 0.29) is 17.7 Å². The number of fused-ring (bicyclic) bond motifs is 1. The molecule has 138 valence electrons. The van der Waals surface area contributed by atoms with E-state index < -0.39 is 0 Å². The largest absolute Gasteiger partial charge is 0.350 e. The molecule has 5 nitrogen and oxygen atoms in total. The summed E-state index contributed by atoms with van der Waals surface area (Å²) >= 11 is 1.59. The van der Waals surface area contributed by atoms with Crippen LogP contribution in [0, 0.1) is 5.92 Å². The molecule has 0 fully saturated rings. The molecular weight excluding hydrogens is 346 g/mol. The lowest BCUT2D eigenvalue weighted by Gasteiger charge is -2.21. The molecular formula is C20H25N3O2S. The number of carbonyl (C=O) groups is 2. The highest BCUT2D eigenvalue weighted by molar-refractivity contribution is 7.14. The molecule has 0 bridgehead atoms. The van der Waals surface area contributed by atoms with Gasteiger partial charge in [-0.1, -0.05) is 6.07 Å². The van der Waals surface area contributed by atoms with Crippen LogP contribution in [0.4, 0.5) is 0 Å². The Hall–Kier alpha value is -2.21. The van der Waals surface area contributed by atoms with Crippen LogP contribution in [0.5, 0.6) is 0 Å². The molecule has 6 heteroatoms. The molecule has 2 amide bonds. The van der Waals surface area contributed by atoms with E-state index in [1.165, 1.54) is 4.88 Å². The molecule has 0 saturated carbocycles. The number of nitrogens with zero attached hydrogens (tertiary/aromatic N) is 2. The molecule has 1 aliphatic carbocycles. The van der Waals surface area contributed by atoms with E-state index >= 15 is 0 Å². The summed E-state index contributed by atoms with van der Waals surface area (Å²) in [6.45, 7) is 5.89. The first kappa shape index (κ1) is 18.6. The van der Waals surface area contributed by atoms with Crippen molar-refractivity contribution >= 4 is 23.2 Å². The molecule has 2 aromatic heterocycles. The quantitative estimate of drug-likeness (QED) is 0.849. The molecule has 0 aromatic carbocycles. The third-order valence-corrected chi connectivity index (χ3v) is 6.11. The van der Waals surface area contributed by atoms with Crippen molar-refractivity contribution in [3.63, 3.8) is 0 Å². The predicted molar refractivity (Wildman–Crippen MR) is 103 cm³/mol. The Bertz CT molecular complexity index is 769. The van der Waals surface area contributed by atoms with Crippen LogP contribution in [0.3, 0.4) is 0 Å². The van der Waals surface area contributed by atoms with Gasteiger partial charge in [0.1, 0.15) is 0 Å². The van der Waals surface area contributed by atoms with Gasteiger partial charge in [0.2, 0.25) is 5.91 Å². The van der Waals surface area contributed by atoms with Crippen LogP contribution >= 0.6 is 11.3 Å². The zero-order valence-electron chi connectivity index (χ0n) is 15.3. The monoisotopic (exact) mass is 371 g/mol. The van der Waals surface area contributed by atoms with E-state index in [4.69, 9.17) is 0 Å². The first-order chi connectivity index (χ1) is 12.6. The number of thiophene rings is 1. The van der Waals surface area contributed by atoms with E-state index in [9.17, 15) is 9.59 Å². The molecule has 0 radical (unpaired) electrons. The zero-order chi connectivity index (χ0) is 18.5. The molecule has 0 aliphatic heterocycles. The van der Waals surface area contributed by atoms with E-state index in [2.05, 4.69) is 10.3 Å². The topological polar surface area (TPSA) is 62.3 Å². The van der Waals surface area contributed by atoms with Crippen molar-refractivity contribution in [3.8, 4) is 0 Å². The Labute approximate surface area is 158 Å². The van der Waals surface area contributed by atoms with E-state index in [0.717, 1.165) is 42.1 Å². The second-order valence-electron chi connectivity index (χ2n) is 6.52. The summed E-state index contributed by atoms with van der Waals surface area (Å²) < 4.78 is 0. The number of hydrogen-bond acceptors (Lipinski definition) is 4. The lowest BCUT2D eigenvalue weighted by Crippen LogP contribution is -2.33. The second kappa shape index (κ2) is 8.45. The molecule has 1 aliphatic rings. The molecule has 1 atom stereocenters. The van der Waals surface area contributed by atoms with Gasteiger partial charge in [-0.3, -0.25) is 14.6 Å². The Morgan fingerprint density at radius 1 is 1.31 bits per heavy atom. The van der Waals surface area contributed by atoms with E-state index in [1.807, 2.05) is 43.0 Å². The third kappa shape index (κ3) is 4.12. The Morgan fingerprint density at radius 3 is 2.81 bits per heavy atom. The van der Waals surface area contributed by atoms with Crippen molar-refractivity contribution in [1.82, 2.24) is 15.2 Å². The van der Waals surface area contributed by atoms with Gasteiger partial charge in [0.15, 0.2) is 0 Å². The maximum atomic E-state index is 12.5. The van der Waals surface area contributed by atoms with Gasteiger partial charge in [-0.05, 0) is 56.9 Å². The van der Waals surface area contributed by atoms with Gasteiger partial charge in [-0.25, -0.2) is 0 Å². The van der Waals surface area contributed by atoms with Crippen LogP contribution in [-0.2, 0) is 24.2 Å². The highest BCUT2D eigenvalue weighted by Crippen LogP contribution is 2.33. The summed E-state index contributed by atoms with van der Waals surface area (Å²) in [5, 5.41) is 2.99. The van der Waals surface area contributed by atoms with Gasteiger partial charge in [0, 0.05) is 30.1 Å². The predicted octanol–water partition coefficient (Wildman–Crippen LogP) is 3.05. The lowest BCUT2D eigenvalue weighted by molar-refractivity contribution is -0.125. The van der Waals surface area contributed by atoms with Crippen molar-refractivity contribution < 1.29 is 9.59 Å². The summed E-state index contributed by atoms with van der Waals surface area (Å²) in [4.78, 5) is 33.2. The fourth-order valence-electron chi connectivity index (χ4n) is 3.34. The standard InChI is InChI=1S/C20H25N3O2S/c1-3-23(4-2)20(25)18-12-15-11-14(8-9-17(15)26-18)19(24)22-13-16-7-5-6-10-21-16/h5-7,10,12,14H,3-4,8-9,11,13H2,1-2H3,(H,22,24)/t14-/m1/s1. The number of amides is 2. The highest BCUT2D eigenvalue weighted by atomic mass is 32.1.